The number of hydrogen-bond donors (Lipinski definition) is 2. The highest BCUT2D eigenvalue weighted by molar-refractivity contribution is 6.30. The van der Waals surface area contributed by atoms with Crippen LogP contribution in [0.4, 0.5) is 5.69 Å². The third-order valence-corrected chi connectivity index (χ3v) is 3.94. The molecular weight excluding hydrogens is 364 g/mol. The van der Waals surface area contributed by atoms with Crippen LogP contribution in [0.15, 0.2) is 72.8 Å². The van der Waals surface area contributed by atoms with Crippen molar-refractivity contribution in [1.82, 2.24) is 4.98 Å². The van der Waals surface area contributed by atoms with E-state index in [4.69, 9.17) is 16.7 Å². The van der Waals surface area contributed by atoms with Gasteiger partial charge >= 0.3 is 5.97 Å². The van der Waals surface area contributed by atoms with E-state index in [0.717, 1.165) is 11.6 Å². The molecule has 0 radical (unpaired) electrons. The normalized spacial score (nSPS) is 10.7. The number of carboxylic acids is 1. The third-order valence-electron chi connectivity index (χ3n) is 3.68. The highest BCUT2D eigenvalue weighted by Crippen LogP contribution is 2.20. The van der Waals surface area contributed by atoms with Gasteiger partial charge in [-0.25, -0.2) is 9.78 Å². The Morgan fingerprint density at radius 1 is 1.00 bits per heavy atom. The minimum Gasteiger partial charge on any atom is -0.478 e. The van der Waals surface area contributed by atoms with E-state index < -0.39 is 5.97 Å². The summed E-state index contributed by atoms with van der Waals surface area (Å²) < 4.78 is 0. The van der Waals surface area contributed by atoms with Crippen molar-refractivity contribution in [3.63, 3.8) is 0 Å². The Labute approximate surface area is 161 Å². The Morgan fingerprint density at radius 3 is 2.48 bits per heavy atom. The molecule has 0 aliphatic carbocycles. The van der Waals surface area contributed by atoms with Crippen LogP contribution in [-0.4, -0.2) is 22.0 Å². The summed E-state index contributed by atoms with van der Waals surface area (Å²) in [5.74, 6) is -1.39. The van der Waals surface area contributed by atoms with E-state index in [2.05, 4.69) is 10.3 Å². The molecule has 3 rings (SSSR count). The largest absolute Gasteiger partial charge is 0.478 e. The molecule has 0 spiro atoms. The van der Waals surface area contributed by atoms with Gasteiger partial charge in [0.1, 0.15) is 5.69 Å². The molecule has 3 aromatic rings. The average Bonchev–Trinajstić information content (AvgIpc) is 2.67. The summed E-state index contributed by atoms with van der Waals surface area (Å²) in [6.45, 7) is 0. The molecule has 1 aromatic heterocycles. The molecule has 0 fully saturated rings. The lowest BCUT2D eigenvalue weighted by atomic mass is 10.1. The molecule has 0 saturated carbocycles. The molecule has 0 atom stereocenters. The van der Waals surface area contributed by atoms with Crippen molar-refractivity contribution in [2.75, 3.05) is 5.32 Å². The van der Waals surface area contributed by atoms with Crippen molar-refractivity contribution in [3.8, 4) is 11.3 Å². The molecule has 2 N–H and O–H groups in total. The van der Waals surface area contributed by atoms with E-state index in [-0.39, 0.29) is 11.6 Å². The van der Waals surface area contributed by atoms with E-state index >= 15 is 0 Å². The number of carbonyl (C=O) groups is 2. The van der Waals surface area contributed by atoms with Gasteiger partial charge in [0, 0.05) is 22.3 Å². The Balaban J connectivity index is 1.79. The van der Waals surface area contributed by atoms with E-state index in [9.17, 15) is 9.59 Å². The number of nitrogens with zero attached hydrogens (tertiary/aromatic N) is 1. The molecule has 5 nitrogen and oxygen atoms in total. The molecule has 27 heavy (non-hydrogen) atoms. The number of aromatic nitrogens is 1. The second-order valence-corrected chi connectivity index (χ2v) is 6.10. The molecule has 1 amide bonds. The van der Waals surface area contributed by atoms with E-state index in [0.29, 0.717) is 22.0 Å². The predicted octanol–water partition coefficient (Wildman–Crippen LogP) is 4.75. The maximum absolute atomic E-state index is 12.5. The van der Waals surface area contributed by atoms with Gasteiger partial charge in [-0.2, -0.15) is 0 Å². The van der Waals surface area contributed by atoms with Gasteiger partial charge in [-0.1, -0.05) is 41.9 Å². The zero-order chi connectivity index (χ0) is 19.2. The lowest BCUT2D eigenvalue weighted by Crippen LogP contribution is -2.13. The number of pyridine rings is 1. The Bertz CT molecular complexity index is 1010. The molecule has 0 bridgehead atoms. The van der Waals surface area contributed by atoms with Crippen LogP contribution in [0.2, 0.25) is 5.02 Å². The first kappa shape index (κ1) is 18.4. The van der Waals surface area contributed by atoms with Gasteiger partial charge in [-0.3, -0.25) is 4.79 Å². The van der Waals surface area contributed by atoms with Crippen molar-refractivity contribution in [2.24, 2.45) is 0 Å². The maximum Gasteiger partial charge on any atom is 0.328 e. The van der Waals surface area contributed by atoms with Crippen LogP contribution in [-0.2, 0) is 4.79 Å². The van der Waals surface area contributed by atoms with Crippen LogP contribution in [0.5, 0.6) is 0 Å². The fourth-order valence-electron chi connectivity index (χ4n) is 2.43. The van der Waals surface area contributed by atoms with Crippen LogP contribution in [0, 0.1) is 0 Å². The minimum atomic E-state index is -1.03. The zero-order valence-electron chi connectivity index (χ0n) is 14.1. The Kier molecular flexibility index (Phi) is 5.64. The van der Waals surface area contributed by atoms with Gasteiger partial charge in [-0.15, -0.1) is 0 Å². The zero-order valence-corrected chi connectivity index (χ0v) is 14.9. The van der Waals surface area contributed by atoms with Crippen molar-refractivity contribution in [1.29, 1.82) is 0 Å². The molecule has 134 valence electrons. The second kappa shape index (κ2) is 8.29. The lowest BCUT2D eigenvalue weighted by Gasteiger charge is -2.07. The average molecular weight is 379 g/mol. The molecular formula is C21H15ClN2O3. The van der Waals surface area contributed by atoms with Crippen molar-refractivity contribution >= 4 is 35.2 Å². The summed E-state index contributed by atoms with van der Waals surface area (Å²) in [7, 11) is 0. The monoisotopic (exact) mass is 378 g/mol. The highest BCUT2D eigenvalue weighted by Gasteiger charge is 2.10. The van der Waals surface area contributed by atoms with Crippen LogP contribution in [0.1, 0.15) is 16.1 Å². The van der Waals surface area contributed by atoms with Gasteiger partial charge < -0.3 is 10.4 Å². The second-order valence-electron chi connectivity index (χ2n) is 5.67. The smallest absolute Gasteiger partial charge is 0.328 e. The predicted molar refractivity (Wildman–Crippen MR) is 106 cm³/mol. The number of benzene rings is 2. The summed E-state index contributed by atoms with van der Waals surface area (Å²) >= 11 is 5.90. The van der Waals surface area contributed by atoms with Gasteiger partial charge in [0.05, 0.1) is 5.69 Å². The minimum absolute atomic E-state index is 0.272. The van der Waals surface area contributed by atoms with E-state index in [1.54, 1.807) is 48.5 Å². The number of anilines is 1. The van der Waals surface area contributed by atoms with Crippen LogP contribution >= 0.6 is 11.6 Å². The number of rotatable bonds is 5. The molecule has 0 aliphatic heterocycles. The molecule has 6 heteroatoms. The Morgan fingerprint density at radius 2 is 1.74 bits per heavy atom. The summed E-state index contributed by atoms with van der Waals surface area (Å²) in [5.41, 5.74) is 3.01. The van der Waals surface area contributed by atoms with Gasteiger partial charge in [0.15, 0.2) is 0 Å². The van der Waals surface area contributed by atoms with Gasteiger partial charge in [0.25, 0.3) is 5.91 Å². The van der Waals surface area contributed by atoms with Crippen LogP contribution in [0.3, 0.4) is 0 Å². The molecule has 2 aromatic carbocycles. The first-order chi connectivity index (χ1) is 13.0. The van der Waals surface area contributed by atoms with Crippen LogP contribution in [0.25, 0.3) is 17.3 Å². The fraction of sp³-hybridized carbons (Fsp3) is 0. The number of aliphatic carboxylic acids is 1. The fourth-order valence-corrected chi connectivity index (χ4v) is 2.55. The summed E-state index contributed by atoms with van der Waals surface area (Å²) in [6, 6.07) is 19.3. The van der Waals surface area contributed by atoms with Crippen LogP contribution < -0.4 is 5.32 Å². The Hall–Kier alpha value is -3.44. The molecule has 0 aliphatic rings. The standard InChI is InChI=1S/C21H15ClN2O3/c22-16-10-8-15(9-11-16)18-5-2-6-19(24-18)21(27)23-17-4-1-3-14(13-17)7-12-20(25)26/h1-13H,(H,23,27)(H,25,26)/b12-7-. The first-order valence-corrected chi connectivity index (χ1v) is 8.44. The molecule has 0 saturated heterocycles. The number of carboxylic acid groups (broad SMARTS) is 1. The maximum atomic E-state index is 12.5. The number of halogens is 1. The quantitative estimate of drug-likeness (QED) is 0.628. The molecule has 0 unspecified atom stereocenters. The summed E-state index contributed by atoms with van der Waals surface area (Å²) in [4.78, 5) is 27.5. The lowest BCUT2D eigenvalue weighted by molar-refractivity contribution is -0.131. The summed E-state index contributed by atoms with van der Waals surface area (Å²) in [6.07, 6.45) is 2.50. The number of carbonyl (C=O) groups excluding carboxylic acids is 1. The number of nitrogens with one attached hydrogen (secondary N) is 1. The topological polar surface area (TPSA) is 79.3 Å². The highest BCUT2D eigenvalue weighted by atomic mass is 35.5. The van der Waals surface area contributed by atoms with Crippen molar-refractivity contribution in [3.05, 3.63) is 89.1 Å². The third kappa shape index (κ3) is 5.03. The summed E-state index contributed by atoms with van der Waals surface area (Å²) in [5, 5.41) is 12.1. The molecule has 1 heterocycles. The van der Waals surface area contributed by atoms with E-state index in [1.807, 2.05) is 18.2 Å². The first-order valence-electron chi connectivity index (χ1n) is 8.07. The van der Waals surface area contributed by atoms with E-state index in [1.165, 1.54) is 6.08 Å². The number of amides is 1. The number of hydrogen-bond acceptors (Lipinski definition) is 3. The van der Waals surface area contributed by atoms with Gasteiger partial charge in [0.2, 0.25) is 0 Å². The SMILES string of the molecule is O=C(O)/C=C\c1cccc(NC(=O)c2cccc(-c3ccc(Cl)cc3)n2)c1. The van der Waals surface area contributed by atoms with Gasteiger partial charge in [-0.05, 0) is 48.0 Å². The van der Waals surface area contributed by atoms with Crippen molar-refractivity contribution in [2.45, 2.75) is 0 Å². The van der Waals surface area contributed by atoms with Crippen molar-refractivity contribution < 1.29 is 14.7 Å².